The number of carbonyl (C=O) groups is 1. The van der Waals surface area contributed by atoms with Crippen molar-refractivity contribution >= 4 is 5.97 Å². The van der Waals surface area contributed by atoms with E-state index in [1.165, 1.54) is 32.4 Å². The van der Waals surface area contributed by atoms with E-state index in [1.807, 2.05) is 6.08 Å². The van der Waals surface area contributed by atoms with Gasteiger partial charge in [-0.25, -0.2) is 4.79 Å². The molecule has 0 aliphatic carbocycles. The maximum Gasteiger partial charge on any atom is 0.333 e. The molecule has 0 atom stereocenters. The lowest BCUT2D eigenvalue weighted by molar-refractivity contribution is -0.140. The van der Waals surface area contributed by atoms with Crippen LogP contribution in [0.5, 0.6) is 11.5 Å². The van der Waals surface area contributed by atoms with Crippen LogP contribution in [0.1, 0.15) is 51.5 Å². The summed E-state index contributed by atoms with van der Waals surface area (Å²) in [7, 11) is 1.48. The number of esters is 1. The Bertz CT molecular complexity index is 506. The molecule has 0 amide bonds. The summed E-state index contributed by atoms with van der Waals surface area (Å²) in [6.45, 7) is 4.12. The number of aromatic hydroxyl groups is 1. The summed E-state index contributed by atoms with van der Waals surface area (Å²) in [6.07, 6.45) is 7.60. The molecule has 0 saturated carbocycles. The molecule has 1 N–H and O–H groups in total. The minimum atomic E-state index is -0.303. The normalized spacial score (nSPS) is 11.3. The van der Waals surface area contributed by atoms with Crippen molar-refractivity contribution in [2.24, 2.45) is 0 Å². The fourth-order valence-electron chi connectivity index (χ4n) is 2.05. The van der Waals surface area contributed by atoms with Crippen LogP contribution in [-0.4, -0.2) is 18.2 Å². The molecule has 0 spiro atoms. The highest BCUT2D eigenvalue weighted by Gasteiger charge is 2.08. The number of phenolic OH excluding ortho intramolecular Hbond substituents is 1. The van der Waals surface area contributed by atoms with E-state index in [-0.39, 0.29) is 18.3 Å². The van der Waals surface area contributed by atoms with Crippen molar-refractivity contribution in [1.82, 2.24) is 0 Å². The number of ether oxygens (including phenoxy) is 2. The maximum atomic E-state index is 11.9. The second kappa shape index (κ2) is 9.87. The third kappa shape index (κ3) is 6.20. The van der Waals surface area contributed by atoms with Gasteiger partial charge in [0.1, 0.15) is 6.61 Å². The second-order valence-corrected chi connectivity index (χ2v) is 5.32. The molecule has 0 aliphatic rings. The monoisotopic (exact) mass is 306 g/mol. The quantitative estimate of drug-likeness (QED) is 0.418. The Kier molecular flexibility index (Phi) is 8.11. The molecule has 0 unspecified atom stereocenters. The van der Waals surface area contributed by atoms with Gasteiger partial charge in [-0.05, 0) is 37.5 Å². The van der Waals surface area contributed by atoms with Gasteiger partial charge < -0.3 is 14.6 Å². The van der Waals surface area contributed by atoms with Crippen LogP contribution in [0.4, 0.5) is 0 Å². The summed E-state index contributed by atoms with van der Waals surface area (Å²) in [5.74, 6) is 0.139. The molecule has 122 valence electrons. The number of methoxy groups -OCH3 is 1. The molecule has 22 heavy (non-hydrogen) atoms. The fraction of sp³-hybridized carbons (Fsp3) is 0.500. The van der Waals surface area contributed by atoms with Crippen LogP contribution in [0, 0.1) is 0 Å². The van der Waals surface area contributed by atoms with E-state index in [0.29, 0.717) is 11.3 Å². The summed E-state index contributed by atoms with van der Waals surface area (Å²) < 4.78 is 10.3. The largest absolute Gasteiger partial charge is 0.504 e. The molecule has 1 aromatic carbocycles. The number of rotatable bonds is 9. The van der Waals surface area contributed by atoms with Crippen molar-refractivity contribution in [2.75, 3.05) is 7.11 Å². The van der Waals surface area contributed by atoms with Gasteiger partial charge in [0.2, 0.25) is 0 Å². The summed E-state index contributed by atoms with van der Waals surface area (Å²) in [6, 6.07) is 4.89. The minimum Gasteiger partial charge on any atom is -0.504 e. The first-order valence-electron chi connectivity index (χ1n) is 7.78. The van der Waals surface area contributed by atoms with E-state index in [1.54, 1.807) is 19.1 Å². The zero-order valence-corrected chi connectivity index (χ0v) is 13.7. The molecule has 4 nitrogen and oxygen atoms in total. The van der Waals surface area contributed by atoms with Crippen molar-refractivity contribution in [3.63, 3.8) is 0 Å². The molecule has 0 saturated heterocycles. The predicted octanol–water partition coefficient (Wildman–Crippen LogP) is 4.36. The Hall–Kier alpha value is -1.97. The first-order valence-corrected chi connectivity index (χ1v) is 7.78. The van der Waals surface area contributed by atoms with Crippen molar-refractivity contribution in [3.8, 4) is 11.5 Å². The lowest BCUT2D eigenvalue weighted by Crippen LogP contribution is -2.06. The van der Waals surface area contributed by atoms with Gasteiger partial charge in [0.25, 0.3) is 0 Å². The fourth-order valence-corrected chi connectivity index (χ4v) is 2.05. The Morgan fingerprint density at radius 2 is 2.05 bits per heavy atom. The summed E-state index contributed by atoms with van der Waals surface area (Å²) >= 11 is 0. The Morgan fingerprint density at radius 1 is 1.27 bits per heavy atom. The Labute approximate surface area is 132 Å². The third-order valence-electron chi connectivity index (χ3n) is 3.44. The average molecular weight is 306 g/mol. The summed E-state index contributed by atoms with van der Waals surface area (Å²) in [4.78, 5) is 11.9. The molecule has 0 heterocycles. The predicted molar refractivity (Wildman–Crippen MR) is 87.0 cm³/mol. The second-order valence-electron chi connectivity index (χ2n) is 5.32. The van der Waals surface area contributed by atoms with E-state index >= 15 is 0 Å². The number of allylic oxidation sites excluding steroid dienone is 1. The number of hydrogen-bond donors (Lipinski definition) is 1. The molecule has 0 aromatic heterocycles. The third-order valence-corrected chi connectivity index (χ3v) is 3.44. The molecule has 4 heteroatoms. The number of unbranched alkanes of at least 4 members (excludes halogenated alkanes) is 4. The van der Waals surface area contributed by atoms with Crippen molar-refractivity contribution in [3.05, 3.63) is 35.4 Å². The van der Waals surface area contributed by atoms with Crippen LogP contribution in [0.2, 0.25) is 0 Å². The van der Waals surface area contributed by atoms with Crippen LogP contribution in [0.25, 0.3) is 0 Å². The van der Waals surface area contributed by atoms with Gasteiger partial charge in [0.05, 0.1) is 7.11 Å². The van der Waals surface area contributed by atoms with E-state index in [0.717, 1.165) is 18.4 Å². The van der Waals surface area contributed by atoms with Crippen molar-refractivity contribution < 1.29 is 19.4 Å². The van der Waals surface area contributed by atoms with Crippen LogP contribution < -0.4 is 4.74 Å². The number of phenols is 1. The van der Waals surface area contributed by atoms with Gasteiger partial charge in [-0.2, -0.15) is 0 Å². The average Bonchev–Trinajstić information content (AvgIpc) is 2.53. The molecule has 0 bridgehead atoms. The van der Waals surface area contributed by atoms with Gasteiger partial charge >= 0.3 is 5.97 Å². The van der Waals surface area contributed by atoms with Gasteiger partial charge in [0.15, 0.2) is 11.5 Å². The number of carbonyl (C=O) groups excluding carboxylic acids is 1. The highest BCUT2D eigenvalue weighted by atomic mass is 16.5. The van der Waals surface area contributed by atoms with Crippen molar-refractivity contribution in [2.45, 2.75) is 52.6 Å². The van der Waals surface area contributed by atoms with Crippen LogP contribution in [0.3, 0.4) is 0 Å². The molecular formula is C18H26O4. The van der Waals surface area contributed by atoms with Crippen molar-refractivity contribution in [1.29, 1.82) is 0 Å². The summed E-state index contributed by atoms with van der Waals surface area (Å²) in [5.41, 5.74) is 1.42. The molecule has 1 rings (SSSR count). The zero-order chi connectivity index (χ0) is 16.4. The SMILES string of the molecule is CCCCCC/C=C(\C)C(=O)OCc1ccc(O)c(OC)c1. The topological polar surface area (TPSA) is 55.8 Å². The Balaban J connectivity index is 2.43. The van der Waals surface area contributed by atoms with Crippen LogP contribution in [0.15, 0.2) is 29.8 Å². The molecular weight excluding hydrogens is 280 g/mol. The van der Waals surface area contributed by atoms with Crippen LogP contribution >= 0.6 is 0 Å². The van der Waals surface area contributed by atoms with Crippen LogP contribution in [-0.2, 0) is 16.1 Å². The Morgan fingerprint density at radius 3 is 2.73 bits per heavy atom. The molecule has 1 aromatic rings. The minimum absolute atomic E-state index is 0.0701. The number of hydrogen-bond acceptors (Lipinski definition) is 4. The highest BCUT2D eigenvalue weighted by molar-refractivity contribution is 5.87. The first kappa shape index (κ1) is 18.1. The highest BCUT2D eigenvalue weighted by Crippen LogP contribution is 2.26. The zero-order valence-electron chi connectivity index (χ0n) is 13.7. The standard InChI is InChI=1S/C18H26O4/c1-4-5-6-7-8-9-14(2)18(20)22-13-15-10-11-16(19)17(12-15)21-3/h9-12,19H,4-8,13H2,1-3H3/b14-9+. The lowest BCUT2D eigenvalue weighted by atomic mass is 10.1. The van der Waals surface area contributed by atoms with Gasteiger partial charge in [-0.1, -0.05) is 38.3 Å². The molecule has 0 radical (unpaired) electrons. The van der Waals surface area contributed by atoms with E-state index in [4.69, 9.17) is 9.47 Å². The maximum absolute atomic E-state index is 11.9. The van der Waals surface area contributed by atoms with E-state index < -0.39 is 0 Å². The lowest BCUT2D eigenvalue weighted by Gasteiger charge is -2.08. The van der Waals surface area contributed by atoms with E-state index in [2.05, 4.69) is 6.92 Å². The van der Waals surface area contributed by atoms with Gasteiger partial charge in [-0.3, -0.25) is 0 Å². The molecule has 0 fully saturated rings. The number of benzene rings is 1. The van der Waals surface area contributed by atoms with Gasteiger partial charge in [0, 0.05) is 5.57 Å². The van der Waals surface area contributed by atoms with Gasteiger partial charge in [-0.15, -0.1) is 0 Å². The molecule has 0 aliphatic heterocycles. The smallest absolute Gasteiger partial charge is 0.333 e. The van der Waals surface area contributed by atoms with E-state index in [9.17, 15) is 9.90 Å². The first-order chi connectivity index (χ1) is 10.6. The summed E-state index contributed by atoms with van der Waals surface area (Å²) in [5, 5.41) is 9.52.